The van der Waals surface area contributed by atoms with E-state index in [9.17, 15) is 18.4 Å². The van der Waals surface area contributed by atoms with Gasteiger partial charge < -0.3 is 14.2 Å². The molecule has 1 aliphatic carbocycles. The summed E-state index contributed by atoms with van der Waals surface area (Å²) in [6, 6.07) is 10.6. The molecule has 2 atom stereocenters. The highest BCUT2D eigenvalue weighted by Crippen LogP contribution is 2.43. The Kier molecular flexibility index (Phi) is 5.13. The summed E-state index contributed by atoms with van der Waals surface area (Å²) in [6.07, 6.45) is -2.11. The van der Waals surface area contributed by atoms with E-state index in [1.165, 1.54) is 36.4 Å². The van der Waals surface area contributed by atoms with Crippen molar-refractivity contribution in [2.45, 2.75) is 44.0 Å². The van der Waals surface area contributed by atoms with Crippen molar-refractivity contribution in [2.24, 2.45) is 0 Å². The molecular weight excluding hydrogens is 459 g/mol. The number of hydrogen-bond acceptors (Lipinski definition) is 5. The summed E-state index contributed by atoms with van der Waals surface area (Å²) in [6.45, 7) is 1.65. The van der Waals surface area contributed by atoms with Crippen molar-refractivity contribution in [2.75, 3.05) is 0 Å². The van der Waals surface area contributed by atoms with Gasteiger partial charge in [0, 0.05) is 11.6 Å². The molecule has 5 rings (SSSR count). The normalized spacial score (nSPS) is 19.0. The Morgan fingerprint density at radius 1 is 1.24 bits per heavy atom. The summed E-state index contributed by atoms with van der Waals surface area (Å²) < 4.78 is 57.4. The zero-order chi connectivity index (χ0) is 23.3. The van der Waals surface area contributed by atoms with Gasteiger partial charge in [0.1, 0.15) is 12.2 Å². The molecule has 3 aromatic rings. The number of hydrogen-bond donors (Lipinski definition) is 0. The molecule has 2 heterocycles. The fraction of sp³-hybridized carbons (Fsp3) is 0.304. The van der Waals surface area contributed by atoms with Crippen molar-refractivity contribution in [3.8, 4) is 29.0 Å². The van der Waals surface area contributed by atoms with E-state index in [0.717, 1.165) is 24.1 Å². The van der Waals surface area contributed by atoms with E-state index in [1.54, 1.807) is 11.6 Å². The van der Waals surface area contributed by atoms with E-state index in [0.29, 0.717) is 23.4 Å². The first-order valence-electron chi connectivity index (χ1n) is 10.3. The van der Waals surface area contributed by atoms with Gasteiger partial charge in [0.05, 0.1) is 16.8 Å². The SMILES string of the molecule is CC(Oc1cc(-n2nc(C#N)c3c2C(Cl)CCC3)ccc1F)c1ccc2c(c1)OC(F)(F)O2. The minimum atomic E-state index is -3.73. The Hall–Kier alpha value is -3.38. The monoisotopic (exact) mass is 475 g/mol. The molecule has 2 aromatic carbocycles. The van der Waals surface area contributed by atoms with Crippen LogP contribution in [0.5, 0.6) is 17.2 Å². The summed E-state index contributed by atoms with van der Waals surface area (Å²) in [7, 11) is 0. The van der Waals surface area contributed by atoms with Crippen LogP contribution in [0.25, 0.3) is 5.69 Å². The second-order valence-electron chi connectivity index (χ2n) is 7.84. The molecule has 0 saturated heterocycles. The predicted octanol–water partition coefficient (Wildman–Crippen LogP) is 5.96. The first-order valence-corrected chi connectivity index (χ1v) is 10.7. The third kappa shape index (κ3) is 3.85. The quantitative estimate of drug-likeness (QED) is 0.435. The minimum Gasteiger partial charge on any atom is -0.483 e. The van der Waals surface area contributed by atoms with E-state index in [2.05, 4.69) is 20.6 Å². The fourth-order valence-electron chi connectivity index (χ4n) is 4.10. The number of rotatable bonds is 4. The Bertz CT molecular complexity index is 1290. The van der Waals surface area contributed by atoms with Gasteiger partial charge in [0.25, 0.3) is 0 Å². The number of aromatic nitrogens is 2. The van der Waals surface area contributed by atoms with Crippen molar-refractivity contribution in [3.63, 3.8) is 0 Å². The Balaban J connectivity index is 1.45. The van der Waals surface area contributed by atoms with E-state index in [1.807, 2.05) is 0 Å². The second-order valence-corrected chi connectivity index (χ2v) is 8.37. The van der Waals surface area contributed by atoms with Gasteiger partial charge in [-0.25, -0.2) is 9.07 Å². The molecule has 33 heavy (non-hydrogen) atoms. The maximum absolute atomic E-state index is 14.6. The van der Waals surface area contributed by atoms with Crippen LogP contribution < -0.4 is 14.2 Å². The molecule has 2 unspecified atom stereocenters. The lowest BCUT2D eigenvalue weighted by molar-refractivity contribution is -0.286. The van der Waals surface area contributed by atoms with Crippen molar-refractivity contribution in [3.05, 3.63) is 64.7 Å². The highest BCUT2D eigenvalue weighted by Gasteiger charge is 2.43. The van der Waals surface area contributed by atoms with Crippen LogP contribution in [0.3, 0.4) is 0 Å². The molecule has 2 aliphatic rings. The number of alkyl halides is 3. The molecule has 0 bridgehead atoms. The van der Waals surface area contributed by atoms with E-state index in [4.69, 9.17) is 16.3 Å². The molecule has 0 saturated carbocycles. The van der Waals surface area contributed by atoms with Crippen LogP contribution in [0.1, 0.15) is 53.8 Å². The van der Waals surface area contributed by atoms with Gasteiger partial charge in [-0.05, 0) is 56.0 Å². The number of fused-ring (bicyclic) bond motifs is 2. The zero-order valence-electron chi connectivity index (χ0n) is 17.3. The average Bonchev–Trinajstić information content (AvgIpc) is 3.31. The molecule has 0 spiro atoms. The van der Waals surface area contributed by atoms with Gasteiger partial charge in [-0.3, -0.25) is 0 Å². The van der Waals surface area contributed by atoms with Gasteiger partial charge in [0.2, 0.25) is 0 Å². The van der Waals surface area contributed by atoms with Gasteiger partial charge in [0.15, 0.2) is 28.8 Å². The molecule has 0 N–H and O–H groups in total. The highest BCUT2D eigenvalue weighted by atomic mass is 35.5. The Labute approximate surface area is 192 Å². The lowest BCUT2D eigenvalue weighted by Crippen LogP contribution is -2.25. The van der Waals surface area contributed by atoms with Crippen molar-refractivity contribution in [1.29, 1.82) is 5.26 Å². The molecule has 10 heteroatoms. The van der Waals surface area contributed by atoms with Gasteiger partial charge in [-0.1, -0.05) is 6.07 Å². The number of nitriles is 1. The van der Waals surface area contributed by atoms with Gasteiger partial charge in [-0.2, -0.15) is 10.4 Å². The largest absolute Gasteiger partial charge is 0.586 e. The van der Waals surface area contributed by atoms with Gasteiger partial charge >= 0.3 is 6.29 Å². The number of halogens is 4. The fourth-order valence-corrected chi connectivity index (χ4v) is 4.48. The molecule has 0 amide bonds. The van der Waals surface area contributed by atoms with Gasteiger partial charge in [-0.15, -0.1) is 20.4 Å². The molecule has 170 valence electrons. The first kappa shape index (κ1) is 21.5. The number of ether oxygens (including phenoxy) is 3. The van der Waals surface area contributed by atoms with Crippen molar-refractivity contribution < 1.29 is 27.4 Å². The molecule has 1 aliphatic heterocycles. The second kappa shape index (κ2) is 7.89. The van der Waals surface area contributed by atoms with E-state index < -0.39 is 18.2 Å². The predicted molar refractivity (Wildman–Crippen MR) is 111 cm³/mol. The molecule has 1 aromatic heterocycles. The summed E-state index contributed by atoms with van der Waals surface area (Å²) >= 11 is 6.52. The van der Waals surface area contributed by atoms with Crippen LogP contribution in [0, 0.1) is 17.1 Å². The molecule has 0 fully saturated rings. The van der Waals surface area contributed by atoms with Crippen molar-refractivity contribution in [1.82, 2.24) is 9.78 Å². The highest BCUT2D eigenvalue weighted by molar-refractivity contribution is 6.20. The first-order chi connectivity index (χ1) is 15.8. The van der Waals surface area contributed by atoms with Crippen LogP contribution in [0.2, 0.25) is 0 Å². The topological polar surface area (TPSA) is 69.3 Å². The van der Waals surface area contributed by atoms with Crippen LogP contribution in [-0.4, -0.2) is 16.1 Å². The van der Waals surface area contributed by atoms with Crippen LogP contribution in [0.15, 0.2) is 36.4 Å². The maximum atomic E-state index is 14.6. The average molecular weight is 476 g/mol. The number of benzene rings is 2. The summed E-state index contributed by atoms with van der Waals surface area (Å²) in [4.78, 5) is 0. The molecule has 6 nitrogen and oxygen atoms in total. The third-order valence-corrected chi connectivity index (χ3v) is 6.09. The van der Waals surface area contributed by atoms with Crippen LogP contribution >= 0.6 is 11.6 Å². The van der Waals surface area contributed by atoms with Crippen LogP contribution in [-0.2, 0) is 6.42 Å². The Morgan fingerprint density at radius 3 is 2.82 bits per heavy atom. The lowest BCUT2D eigenvalue weighted by atomic mass is 9.95. The molecule has 0 radical (unpaired) electrons. The smallest absolute Gasteiger partial charge is 0.483 e. The van der Waals surface area contributed by atoms with E-state index >= 15 is 0 Å². The summed E-state index contributed by atoms with van der Waals surface area (Å²) in [5.74, 6) is -0.881. The standard InChI is InChI=1S/C23H17ClF3N3O3/c1-12(13-5-8-19-21(9-13)33-23(26,27)32-19)31-20-10-14(6-7-17(20)25)30-22-15(18(11-28)29-30)3-2-4-16(22)24/h5-10,12,16H,2-4H2,1H3. The number of nitrogens with zero attached hydrogens (tertiary/aromatic N) is 3. The Morgan fingerprint density at radius 2 is 2.03 bits per heavy atom. The van der Waals surface area contributed by atoms with Crippen molar-refractivity contribution >= 4 is 11.6 Å². The lowest BCUT2D eigenvalue weighted by Gasteiger charge is -2.20. The molecular formula is C23H17ClF3N3O3. The summed E-state index contributed by atoms with van der Waals surface area (Å²) in [5, 5.41) is 13.5. The minimum absolute atomic E-state index is 0.0623. The third-order valence-electron chi connectivity index (χ3n) is 5.67. The van der Waals surface area contributed by atoms with E-state index in [-0.39, 0.29) is 22.6 Å². The maximum Gasteiger partial charge on any atom is 0.586 e. The van der Waals surface area contributed by atoms with Crippen LogP contribution in [0.4, 0.5) is 13.2 Å². The summed E-state index contributed by atoms with van der Waals surface area (Å²) in [5.41, 5.74) is 2.81. The zero-order valence-corrected chi connectivity index (χ0v) is 18.1.